The Morgan fingerprint density at radius 2 is 1.47 bits per heavy atom. The van der Waals surface area contributed by atoms with Gasteiger partial charge in [-0.1, -0.05) is 67.1 Å². The van der Waals surface area contributed by atoms with Crippen LogP contribution < -0.4 is 0 Å². The molecule has 1 unspecified atom stereocenters. The second-order valence-electron chi connectivity index (χ2n) is 7.48. The minimum atomic E-state index is -0.709. The molecule has 0 radical (unpaired) electrons. The van der Waals surface area contributed by atoms with E-state index in [-0.39, 0.29) is 22.1 Å². The third-order valence-electron chi connectivity index (χ3n) is 5.53. The minimum Gasteiger partial charge on any atom is -0.206 e. The van der Waals surface area contributed by atoms with Crippen molar-refractivity contribution in [3.63, 3.8) is 0 Å². The fourth-order valence-electron chi connectivity index (χ4n) is 3.90. The van der Waals surface area contributed by atoms with Gasteiger partial charge in [-0.3, -0.25) is 0 Å². The lowest BCUT2D eigenvalue weighted by Gasteiger charge is -2.18. The summed E-state index contributed by atoms with van der Waals surface area (Å²) in [6, 6.07) is 20.8. The Kier molecular flexibility index (Phi) is 5.83. The van der Waals surface area contributed by atoms with Crippen LogP contribution in [0.15, 0.2) is 72.8 Å². The maximum atomic E-state index is 14.9. The van der Waals surface area contributed by atoms with Crippen LogP contribution in [0.3, 0.4) is 0 Å². The molecular formula is C26H20ClF3. The zero-order valence-corrected chi connectivity index (χ0v) is 17.2. The van der Waals surface area contributed by atoms with Gasteiger partial charge < -0.3 is 0 Å². The normalized spacial score (nSPS) is 12.3. The fourth-order valence-corrected chi connectivity index (χ4v) is 4.02. The zero-order valence-electron chi connectivity index (χ0n) is 16.4. The van der Waals surface area contributed by atoms with E-state index in [0.717, 1.165) is 28.8 Å². The Morgan fingerprint density at radius 1 is 0.767 bits per heavy atom. The van der Waals surface area contributed by atoms with E-state index in [1.54, 1.807) is 0 Å². The van der Waals surface area contributed by atoms with Crippen molar-refractivity contribution in [3.05, 3.63) is 106 Å². The summed E-state index contributed by atoms with van der Waals surface area (Å²) in [6.45, 7) is 2.00. The summed E-state index contributed by atoms with van der Waals surface area (Å²) < 4.78 is 43.5. The highest BCUT2D eigenvalue weighted by molar-refractivity contribution is 6.30. The molecule has 4 aromatic rings. The number of hydrogen-bond donors (Lipinski definition) is 0. The highest BCUT2D eigenvalue weighted by Crippen LogP contribution is 2.33. The van der Waals surface area contributed by atoms with E-state index in [1.807, 2.05) is 19.1 Å². The summed E-state index contributed by atoms with van der Waals surface area (Å²) in [5.74, 6) is -2.15. The summed E-state index contributed by atoms with van der Waals surface area (Å²) in [7, 11) is 0. The molecule has 0 bridgehead atoms. The number of fused-ring (bicyclic) bond motifs is 1. The van der Waals surface area contributed by atoms with E-state index in [2.05, 4.69) is 30.3 Å². The Morgan fingerprint density at radius 3 is 2.13 bits per heavy atom. The minimum absolute atomic E-state index is 0.0360. The molecule has 0 N–H and O–H groups in total. The molecule has 0 aliphatic carbocycles. The molecule has 0 saturated heterocycles. The lowest BCUT2D eigenvalue weighted by atomic mass is 9.88. The lowest BCUT2D eigenvalue weighted by Crippen LogP contribution is -2.04. The number of rotatable bonds is 5. The van der Waals surface area contributed by atoms with E-state index in [0.29, 0.717) is 12.0 Å². The van der Waals surface area contributed by atoms with Gasteiger partial charge in [0.15, 0.2) is 0 Å². The first-order valence-electron chi connectivity index (χ1n) is 9.88. The van der Waals surface area contributed by atoms with Crippen LogP contribution >= 0.6 is 11.6 Å². The van der Waals surface area contributed by atoms with Crippen molar-refractivity contribution in [3.8, 4) is 11.1 Å². The van der Waals surface area contributed by atoms with Gasteiger partial charge in [0.25, 0.3) is 0 Å². The first kappa shape index (κ1) is 20.5. The molecule has 30 heavy (non-hydrogen) atoms. The Bertz CT molecular complexity index is 1190. The summed E-state index contributed by atoms with van der Waals surface area (Å²) in [5, 5.41) is 2.21. The van der Waals surface area contributed by atoms with Gasteiger partial charge in [-0.15, -0.1) is 0 Å². The van der Waals surface area contributed by atoms with Gasteiger partial charge in [-0.25, -0.2) is 13.2 Å². The highest BCUT2D eigenvalue weighted by Gasteiger charge is 2.19. The highest BCUT2D eigenvalue weighted by atomic mass is 35.5. The molecule has 4 heteroatoms. The lowest BCUT2D eigenvalue weighted by molar-refractivity contribution is 0.573. The maximum Gasteiger partial charge on any atom is 0.142 e. The quantitative estimate of drug-likeness (QED) is 0.302. The molecular weight excluding hydrogens is 405 g/mol. The van der Waals surface area contributed by atoms with Gasteiger partial charge in [0, 0.05) is 0 Å². The van der Waals surface area contributed by atoms with Gasteiger partial charge in [0.05, 0.1) is 10.6 Å². The first-order chi connectivity index (χ1) is 14.5. The van der Waals surface area contributed by atoms with E-state index in [4.69, 9.17) is 11.6 Å². The van der Waals surface area contributed by atoms with Crippen LogP contribution in [-0.4, -0.2) is 0 Å². The Labute approximate surface area is 178 Å². The number of hydrogen-bond acceptors (Lipinski definition) is 0. The van der Waals surface area contributed by atoms with Crippen LogP contribution in [0.1, 0.15) is 30.4 Å². The molecule has 0 nitrogen and oxygen atoms in total. The van der Waals surface area contributed by atoms with Gasteiger partial charge in [-0.05, 0) is 70.5 Å². The largest absolute Gasteiger partial charge is 0.206 e. The molecule has 4 rings (SSSR count). The molecule has 1 atom stereocenters. The molecule has 0 fully saturated rings. The Hall–Kier alpha value is -2.78. The smallest absolute Gasteiger partial charge is 0.142 e. The van der Waals surface area contributed by atoms with Crippen LogP contribution in [0, 0.1) is 17.5 Å². The van der Waals surface area contributed by atoms with E-state index < -0.39 is 17.5 Å². The van der Waals surface area contributed by atoms with E-state index in [1.165, 1.54) is 24.3 Å². The van der Waals surface area contributed by atoms with Crippen molar-refractivity contribution >= 4 is 22.4 Å². The van der Waals surface area contributed by atoms with Crippen molar-refractivity contribution in [2.24, 2.45) is 0 Å². The van der Waals surface area contributed by atoms with Crippen LogP contribution in [0.25, 0.3) is 21.9 Å². The van der Waals surface area contributed by atoms with Crippen LogP contribution in [0.5, 0.6) is 0 Å². The Balaban J connectivity index is 1.66. The van der Waals surface area contributed by atoms with Crippen LogP contribution in [-0.2, 0) is 6.42 Å². The van der Waals surface area contributed by atoms with Crippen molar-refractivity contribution in [1.29, 1.82) is 0 Å². The molecule has 0 aromatic heterocycles. The number of benzene rings is 4. The van der Waals surface area contributed by atoms with Crippen molar-refractivity contribution in [2.45, 2.75) is 25.7 Å². The first-order valence-corrected chi connectivity index (χ1v) is 10.3. The molecule has 4 aromatic carbocycles. The topological polar surface area (TPSA) is 0 Å². The van der Waals surface area contributed by atoms with E-state index >= 15 is 0 Å². The third-order valence-corrected chi connectivity index (χ3v) is 5.84. The van der Waals surface area contributed by atoms with Gasteiger partial charge in [-0.2, -0.15) is 0 Å². The molecule has 0 spiro atoms. The predicted molar refractivity (Wildman–Crippen MR) is 117 cm³/mol. The average Bonchev–Trinajstić information content (AvgIpc) is 2.74. The fraction of sp³-hybridized carbons (Fsp3) is 0.154. The van der Waals surface area contributed by atoms with Crippen molar-refractivity contribution in [1.82, 2.24) is 0 Å². The predicted octanol–water partition coefficient (Wildman–Crippen LogP) is 8.31. The molecule has 0 amide bonds. The maximum absolute atomic E-state index is 14.9. The van der Waals surface area contributed by atoms with Crippen molar-refractivity contribution < 1.29 is 13.2 Å². The summed E-state index contributed by atoms with van der Waals surface area (Å²) in [5.41, 5.74) is 1.60. The standard InChI is InChI=1S/C26H20ClF3/c1-2-17(11-16-7-8-18-5-3-4-6-19(18)12-16)21-14-24(29)26(25(30)15-21)20-9-10-22(27)23(28)13-20/h3-10,12-15,17H,2,11H2,1H3. The van der Waals surface area contributed by atoms with Gasteiger partial charge in [0.2, 0.25) is 0 Å². The third kappa shape index (κ3) is 4.08. The van der Waals surface area contributed by atoms with E-state index in [9.17, 15) is 13.2 Å². The van der Waals surface area contributed by atoms with Gasteiger partial charge >= 0.3 is 0 Å². The summed E-state index contributed by atoms with van der Waals surface area (Å²) in [4.78, 5) is 0. The summed E-state index contributed by atoms with van der Waals surface area (Å²) in [6.07, 6.45) is 1.41. The van der Waals surface area contributed by atoms with Crippen LogP contribution in [0.4, 0.5) is 13.2 Å². The van der Waals surface area contributed by atoms with Gasteiger partial charge in [0.1, 0.15) is 17.5 Å². The van der Waals surface area contributed by atoms with Crippen molar-refractivity contribution in [2.75, 3.05) is 0 Å². The number of halogens is 4. The second-order valence-corrected chi connectivity index (χ2v) is 7.89. The zero-order chi connectivity index (χ0) is 21.3. The molecule has 152 valence electrons. The second kappa shape index (κ2) is 8.53. The monoisotopic (exact) mass is 424 g/mol. The molecule has 0 aliphatic heterocycles. The SMILES string of the molecule is CCC(Cc1ccc2ccccc2c1)c1cc(F)c(-c2ccc(Cl)c(F)c2)c(F)c1. The molecule has 0 heterocycles. The molecule has 0 aliphatic rings. The van der Waals surface area contributed by atoms with Crippen LogP contribution in [0.2, 0.25) is 5.02 Å². The molecule has 0 saturated carbocycles. The summed E-state index contributed by atoms with van der Waals surface area (Å²) >= 11 is 5.68. The average molecular weight is 425 g/mol.